The Morgan fingerprint density at radius 2 is 1.91 bits per heavy atom. The summed E-state index contributed by atoms with van der Waals surface area (Å²) in [5.41, 5.74) is 6.25. The van der Waals surface area contributed by atoms with E-state index in [1.165, 1.54) is 11.3 Å². The molecule has 5 rings (SSSR count). The molecule has 0 spiro atoms. The number of hydrogen-bond donors (Lipinski definition) is 1. The lowest BCUT2D eigenvalue weighted by Crippen LogP contribution is -2.41. The van der Waals surface area contributed by atoms with Crippen LogP contribution >= 0.6 is 0 Å². The molecule has 1 aromatic carbocycles. The number of carbonyl (C=O) groups is 1. The largest absolute Gasteiger partial charge is 0.378 e. The molecule has 0 saturated carbocycles. The standard InChI is InChI=1S/C25H32N6O2/c1-3-23-26-18(2)21(27-23)17-29-10-9-22-20(16-29)24(25(32)30-11-13-33-14-12-30)28-31(22)15-19-7-5-4-6-8-19/h4-8H,3,9-17H2,1-2H3,(H,26,27). The van der Waals surface area contributed by atoms with Crippen molar-refractivity contribution in [3.63, 3.8) is 0 Å². The molecule has 0 bridgehead atoms. The van der Waals surface area contributed by atoms with Gasteiger partial charge in [0.1, 0.15) is 5.82 Å². The van der Waals surface area contributed by atoms with Crippen molar-refractivity contribution in [2.45, 2.75) is 46.3 Å². The van der Waals surface area contributed by atoms with Crippen molar-refractivity contribution >= 4 is 5.91 Å². The third kappa shape index (κ3) is 4.58. The molecule has 174 valence electrons. The average molecular weight is 449 g/mol. The van der Waals surface area contributed by atoms with Crippen LogP contribution in [-0.4, -0.2) is 68.3 Å². The third-order valence-corrected chi connectivity index (χ3v) is 6.63. The zero-order chi connectivity index (χ0) is 22.8. The van der Waals surface area contributed by atoms with Gasteiger partial charge in [-0.3, -0.25) is 14.4 Å². The van der Waals surface area contributed by atoms with Crippen LogP contribution in [0.5, 0.6) is 0 Å². The second kappa shape index (κ2) is 9.49. The highest BCUT2D eigenvalue weighted by Crippen LogP contribution is 2.26. The van der Waals surface area contributed by atoms with E-state index in [-0.39, 0.29) is 5.91 Å². The van der Waals surface area contributed by atoms with Gasteiger partial charge in [-0.15, -0.1) is 0 Å². The molecule has 1 fully saturated rings. The second-order valence-electron chi connectivity index (χ2n) is 8.89. The SMILES string of the molecule is CCc1nc(CN2CCc3c(c(C(=O)N4CCOCC4)nn3Cc3ccccc3)C2)c(C)[nH]1. The first-order chi connectivity index (χ1) is 16.1. The first-order valence-electron chi connectivity index (χ1n) is 11.9. The molecular formula is C25H32N6O2. The van der Waals surface area contributed by atoms with E-state index >= 15 is 0 Å². The van der Waals surface area contributed by atoms with E-state index in [4.69, 9.17) is 14.8 Å². The molecule has 1 amide bonds. The van der Waals surface area contributed by atoms with Crippen molar-refractivity contribution in [3.8, 4) is 0 Å². The van der Waals surface area contributed by atoms with Crippen LogP contribution in [0.15, 0.2) is 30.3 Å². The smallest absolute Gasteiger partial charge is 0.274 e. The molecule has 0 aliphatic carbocycles. The quantitative estimate of drug-likeness (QED) is 0.627. The van der Waals surface area contributed by atoms with Crippen LogP contribution in [-0.2, 0) is 37.2 Å². The minimum Gasteiger partial charge on any atom is -0.378 e. The summed E-state index contributed by atoms with van der Waals surface area (Å²) in [4.78, 5) is 25.9. The summed E-state index contributed by atoms with van der Waals surface area (Å²) in [6.07, 6.45) is 1.77. The molecule has 8 heteroatoms. The molecule has 0 unspecified atom stereocenters. The van der Waals surface area contributed by atoms with E-state index in [1.807, 2.05) is 27.8 Å². The van der Waals surface area contributed by atoms with Crippen LogP contribution in [0.3, 0.4) is 0 Å². The molecule has 0 atom stereocenters. The van der Waals surface area contributed by atoms with Crippen molar-refractivity contribution in [1.29, 1.82) is 0 Å². The number of nitrogens with one attached hydrogen (secondary N) is 1. The Balaban J connectivity index is 1.43. The van der Waals surface area contributed by atoms with Crippen LogP contribution in [0.2, 0.25) is 0 Å². The molecule has 2 aliphatic rings. The number of carbonyl (C=O) groups excluding carboxylic acids is 1. The summed E-state index contributed by atoms with van der Waals surface area (Å²) in [7, 11) is 0. The van der Waals surface area contributed by atoms with Gasteiger partial charge in [-0.2, -0.15) is 5.10 Å². The van der Waals surface area contributed by atoms with Crippen molar-refractivity contribution in [1.82, 2.24) is 29.5 Å². The van der Waals surface area contributed by atoms with Crippen LogP contribution in [0.4, 0.5) is 0 Å². The van der Waals surface area contributed by atoms with Gasteiger partial charge < -0.3 is 14.6 Å². The van der Waals surface area contributed by atoms with Crippen LogP contribution < -0.4 is 0 Å². The third-order valence-electron chi connectivity index (χ3n) is 6.63. The Morgan fingerprint density at radius 3 is 2.64 bits per heavy atom. The van der Waals surface area contributed by atoms with Gasteiger partial charge >= 0.3 is 0 Å². The summed E-state index contributed by atoms with van der Waals surface area (Å²) in [5.74, 6) is 1.05. The number of H-pyrrole nitrogens is 1. The lowest BCUT2D eigenvalue weighted by Gasteiger charge is -2.29. The van der Waals surface area contributed by atoms with Gasteiger partial charge in [0.2, 0.25) is 0 Å². The molecule has 33 heavy (non-hydrogen) atoms. The number of hydrogen-bond acceptors (Lipinski definition) is 5. The van der Waals surface area contributed by atoms with E-state index in [0.29, 0.717) is 45.1 Å². The van der Waals surface area contributed by atoms with Gasteiger partial charge in [0.25, 0.3) is 5.91 Å². The Morgan fingerprint density at radius 1 is 1.12 bits per heavy atom. The van der Waals surface area contributed by atoms with E-state index in [2.05, 4.69) is 35.9 Å². The maximum Gasteiger partial charge on any atom is 0.274 e. The number of benzene rings is 1. The number of nitrogens with zero attached hydrogens (tertiary/aromatic N) is 5. The minimum atomic E-state index is 0.0208. The van der Waals surface area contributed by atoms with E-state index in [0.717, 1.165) is 48.7 Å². The number of rotatable bonds is 6. The van der Waals surface area contributed by atoms with Crippen molar-refractivity contribution < 1.29 is 9.53 Å². The first-order valence-corrected chi connectivity index (χ1v) is 11.9. The molecule has 0 radical (unpaired) electrons. The Kier molecular flexibility index (Phi) is 6.28. The Labute approximate surface area is 194 Å². The Hall–Kier alpha value is -2.97. The number of ether oxygens (including phenoxy) is 1. The van der Waals surface area contributed by atoms with Gasteiger partial charge in [0.15, 0.2) is 5.69 Å². The number of morpholine rings is 1. The normalized spacial score (nSPS) is 16.7. The molecule has 3 aromatic rings. The van der Waals surface area contributed by atoms with Crippen LogP contribution in [0.25, 0.3) is 0 Å². The zero-order valence-corrected chi connectivity index (χ0v) is 19.5. The lowest BCUT2D eigenvalue weighted by atomic mass is 10.0. The van der Waals surface area contributed by atoms with Gasteiger partial charge in [-0.1, -0.05) is 37.3 Å². The monoisotopic (exact) mass is 448 g/mol. The summed E-state index contributed by atoms with van der Waals surface area (Å²) < 4.78 is 7.50. The fourth-order valence-corrected chi connectivity index (χ4v) is 4.75. The highest BCUT2D eigenvalue weighted by atomic mass is 16.5. The topological polar surface area (TPSA) is 79.3 Å². The van der Waals surface area contributed by atoms with Crippen LogP contribution in [0.1, 0.15) is 51.4 Å². The molecule has 2 aliphatic heterocycles. The van der Waals surface area contributed by atoms with Crippen LogP contribution in [0, 0.1) is 6.92 Å². The summed E-state index contributed by atoms with van der Waals surface area (Å²) in [6.45, 7) is 9.70. The van der Waals surface area contributed by atoms with E-state index < -0.39 is 0 Å². The lowest BCUT2D eigenvalue weighted by molar-refractivity contribution is 0.0297. The highest BCUT2D eigenvalue weighted by Gasteiger charge is 2.31. The number of aryl methyl sites for hydroxylation is 2. The maximum atomic E-state index is 13.5. The molecule has 1 saturated heterocycles. The number of aromatic amines is 1. The predicted molar refractivity (Wildman–Crippen MR) is 125 cm³/mol. The molecule has 1 N–H and O–H groups in total. The second-order valence-corrected chi connectivity index (χ2v) is 8.89. The van der Waals surface area contributed by atoms with Gasteiger partial charge in [0, 0.05) is 62.5 Å². The molecule has 2 aromatic heterocycles. The fraction of sp³-hybridized carbons (Fsp3) is 0.480. The van der Waals surface area contributed by atoms with Gasteiger partial charge in [-0.05, 0) is 12.5 Å². The molecular weight excluding hydrogens is 416 g/mol. The van der Waals surface area contributed by atoms with E-state index in [9.17, 15) is 4.79 Å². The predicted octanol–water partition coefficient (Wildman–Crippen LogP) is 2.56. The number of fused-ring (bicyclic) bond motifs is 1. The van der Waals surface area contributed by atoms with Crippen molar-refractivity contribution in [2.24, 2.45) is 0 Å². The first kappa shape index (κ1) is 21.9. The summed E-state index contributed by atoms with van der Waals surface area (Å²) in [6, 6.07) is 10.3. The van der Waals surface area contributed by atoms with E-state index in [1.54, 1.807) is 0 Å². The molecule has 4 heterocycles. The number of imidazole rings is 1. The highest BCUT2D eigenvalue weighted by molar-refractivity contribution is 5.94. The van der Waals surface area contributed by atoms with Crippen molar-refractivity contribution in [3.05, 3.63) is 70.1 Å². The number of aromatic nitrogens is 4. The average Bonchev–Trinajstić information content (AvgIpc) is 3.39. The van der Waals surface area contributed by atoms with Gasteiger partial charge in [0.05, 0.1) is 25.5 Å². The summed E-state index contributed by atoms with van der Waals surface area (Å²) >= 11 is 0. The fourth-order valence-electron chi connectivity index (χ4n) is 4.75. The molecule has 8 nitrogen and oxygen atoms in total. The maximum absolute atomic E-state index is 13.5. The number of amides is 1. The van der Waals surface area contributed by atoms with Gasteiger partial charge in [-0.25, -0.2) is 4.98 Å². The minimum absolute atomic E-state index is 0.0208. The van der Waals surface area contributed by atoms with Crippen molar-refractivity contribution in [2.75, 3.05) is 32.8 Å². The Bertz CT molecular complexity index is 1110. The zero-order valence-electron chi connectivity index (χ0n) is 19.5. The summed E-state index contributed by atoms with van der Waals surface area (Å²) in [5, 5.41) is 4.87.